The molecule has 0 aliphatic carbocycles. The molecular weight excluding hydrogens is 338 g/mol. The van der Waals surface area contributed by atoms with Gasteiger partial charge in [0.05, 0.1) is 5.56 Å². The summed E-state index contributed by atoms with van der Waals surface area (Å²) >= 11 is 0. The number of hydrogen-bond acceptors (Lipinski definition) is 3. The van der Waals surface area contributed by atoms with E-state index >= 15 is 0 Å². The summed E-state index contributed by atoms with van der Waals surface area (Å²) in [6.45, 7) is 3.35. The van der Waals surface area contributed by atoms with E-state index in [4.69, 9.17) is 5.73 Å². The molecule has 1 unspecified atom stereocenters. The highest BCUT2D eigenvalue weighted by Gasteiger charge is 2.26. The van der Waals surface area contributed by atoms with Gasteiger partial charge in [-0.05, 0) is 48.1 Å². The maximum absolute atomic E-state index is 15.0. The fourth-order valence-corrected chi connectivity index (χ4v) is 3.21. The van der Waals surface area contributed by atoms with Crippen LogP contribution >= 0.6 is 0 Å². The minimum Gasteiger partial charge on any atom is -0.329 e. The molecule has 0 aliphatic rings. The van der Waals surface area contributed by atoms with E-state index in [0.29, 0.717) is 10.9 Å². The number of aromatic amines is 1. The summed E-state index contributed by atoms with van der Waals surface area (Å²) in [6.07, 6.45) is 1.67. The van der Waals surface area contributed by atoms with Crippen LogP contribution in [0.2, 0.25) is 0 Å². The first kappa shape index (κ1) is 17.9. The van der Waals surface area contributed by atoms with Crippen LogP contribution in [0.1, 0.15) is 46.9 Å². The zero-order chi connectivity index (χ0) is 19.0. The second kappa shape index (κ2) is 6.80. The molecule has 0 aliphatic heterocycles. The Balaban J connectivity index is 2.27. The molecule has 3 rings (SSSR count). The number of pyridine rings is 1. The first-order valence-corrected chi connectivity index (χ1v) is 8.28. The number of hydrogen-bond donors (Lipinski definition) is 2. The van der Waals surface area contributed by atoms with Gasteiger partial charge in [0.2, 0.25) is 0 Å². The van der Waals surface area contributed by atoms with Crippen LogP contribution in [0, 0.1) is 11.6 Å². The van der Waals surface area contributed by atoms with Gasteiger partial charge in [0, 0.05) is 23.2 Å². The van der Waals surface area contributed by atoms with E-state index in [1.807, 2.05) is 0 Å². The fraction of sp³-hybridized carbons (Fsp3) is 0.200. The normalized spacial score (nSPS) is 12.3. The molecule has 1 atom stereocenters. The van der Waals surface area contributed by atoms with E-state index in [-0.39, 0.29) is 28.5 Å². The molecule has 3 N–H and O–H groups in total. The highest BCUT2D eigenvalue weighted by Crippen LogP contribution is 2.28. The number of nitrogens with two attached hydrogens (primary N) is 1. The summed E-state index contributed by atoms with van der Waals surface area (Å²) in [5.74, 6) is -2.66. The Morgan fingerprint density at radius 1 is 1.23 bits per heavy atom. The van der Waals surface area contributed by atoms with Crippen molar-refractivity contribution in [3.63, 3.8) is 0 Å². The molecule has 0 spiro atoms. The monoisotopic (exact) mass is 356 g/mol. The van der Waals surface area contributed by atoms with Crippen molar-refractivity contribution >= 4 is 16.6 Å². The van der Waals surface area contributed by atoms with E-state index in [1.54, 1.807) is 19.9 Å². The van der Waals surface area contributed by atoms with Crippen molar-refractivity contribution in [1.82, 2.24) is 4.98 Å². The van der Waals surface area contributed by atoms with Crippen molar-refractivity contribution in [3.8, 4) is 0 Å². The second-order valence-electron chi connectivity index (χ2n) is 6.16. The standard InChI is InChI=1S/C20H18F2N2O2/c1-3-11-15(10(2)23)9-16(21)17(18(11)22)19(25)13-5-4-6-14-12(13)7-8-24-20(14)26/h4-10H,3,23H2,1-2H3,(H,24,26). The van der Waals surface area contributed by atoms with Crippen LogP contribution in [0.3, 0.4) is 0 Å². The van der Waals surface area contributed by atoms with Crippen LogP contribution in [-0.2, 0) is 6.42 Å². The molecule has 0 saturated carbocycles. The predicted molar refractivity (Wildman–Crippen MR) is 96.3 cm³/mol. The van der Waals surface area contributed by atoms with E-state index in [2.05, 4.69) is 4.98 Å². The summed E-state index contributed by atoms with van der Waals surface area (Å²) in [5.41, 5.74) is 5.44. The van der Waals surface area contributed by atoms with Crippen molar-refractivity contribution in [2.45, 2.75) is 26.3 Å². The van der Waals surface area contributed by atoms with E-state index in [9.17, 15) is 18.4 Å². The van der Waals surface area contributed by atoms with Crippen molar-refractivity contribution in [2.75, 3.05) is 0 Å². The lowest BCUT2D eigenvalue weighted by Crippen LogP contribution is -2.16. The lowest BCUT2D eigenvalue weighted by molar-refractivity contribution is 0.103. The van der Waals surface area contributed by atoms with E-state index in [1.165, 1.54) is 24.4 Å². The minimum atomic E-state index is -0.959. The van der Waals surface area contributed by atoms with Crippen molar-refractivity contribution in [3.05, 3.63) is 80.8 Å². The summed E-state index contributed by atoms with van der Waals surface area (Å²) in [5, 5.41) is 0.622. The third-order valence-electron chi connectivity index (χ3n) is 4.48. The minimum absolute atomic E-state index is 0.0713. The average molecular weight is 356 g/mol. The van der Waals surface area contributed by atoms with Gasteiger partial charge in [0.25, 0.3) is 5.56 Å². The lowest BCUT2D eigenvalue weighted by atomic mass is 9.91. The molecule has 1 heterocycles. The number of ketones is 1. The van der Waals surface area contributed by atoms with E-state index in [0.717, 1.165) is 6.07 Å². The second-order valence-corrected chi connectivity index (χ2v) is 6.16. The van der Waals surface area contributed by atoms with Gasteiger partial charge in [-0.1, -0.05) is 19.1 Å². The molecule has 134 valence electrons. The zero-order valence-corrected chi connectivity index (χ0v) is 14.4. The summed E-state index contributed by atoms with van der Waals surface area (Å²) in [6, 6.07) is 6.61. The molecule has 0 radical (unpaired) electrons. The number of aromatic nitrogens is 1. The highest BCUT2D eigenvalue weighted by atomic mass is 19.1. The van der Waals surface area contributed by atoms with E-state index < -0.39 is 29.0 Å². The van der Waals surface area contributed by atoms with Crippen molar-refractivity contribution in [1.29, 1.82) is 0 Å². The number of H-pyrrole nitrogens is 1. The van der Waals surface area contributed by atoms with Crippen LogP contribution in [0.4, 0.5) is 8.78 Å². The van der Waals surface area contributed by atoms with Gasteiger partial charge in [0.1, 0.15) is 11.6 Å². The van der Waals surface area contributed by atoms with Gasteiger partial charge in [-0.2, -0.15) is 0 Å². The Labute approximate surface area is 148 Å². The van der Waals surface area contributed by atoms with Crippen LogP contribution in [0.5, 0.6) is 0 Å². The molecule has 26 heavy (non-hydrogen) atoms. The Kier molecular flexibility index (Phi) is 4.70. The number of rotatable bonds is 4. The van der Waals surface area contributed by atoms with Crippen LogP contribution < -0.4 is 11.3 Å². The lowest BCUT2D eigenvalue weighted by Gasteiger charge is -2.16. The van der Waals surface area contributed by atoms with Crippen molar-refractivity contribution in [2.24, 2.45) is 5.73 Å². The first-order chi connectivity index (χ1) is 12.4. The molecule has 2 aromatic carbocycles. The summed E-state index contributed by atoms with van der Waals surface area (Å²) in [4.78, 5) is 27.4. The molecule has 4 nitrogen and oxygen atoms in total. The number of fused-ring (bicyclic) bond motifs is 1. The van der Waals surface area contributed by atoms with Crippen LogP contribution in [-0.4, -0.2) is 10.8 Å². The molecule has 0 bridgehead atoms. The average Bonchev–Trinajstić information content (AvgIpc) is 2.61. The van der Waals surface area contributed by atoms with Crippen LogP contribution in [0.15, 0.2) is 41.3 Å². The van der Waals surface area contributed by atoms with Gasteiger partial charge in [-0.25, -0.2) is 8.78 Å². The smallest absolute Gasteiger partial charge is 0.255 e. The van der Waals surface area contributed by atoms with Gasteiger partial charge < -0.3 is 10.7 Å². The zero-order valence-electron chi connectivity index (χ0n) is 14.4. The molecule has 0 fully saturated rings. The Morgan fingerprint density at radius 2 is 1.96 bits per heavy atom. The number of nitrogens with one attached hydrogen (secondary N) is 1. The fourth-order valence-electron chi connectivity index (χ4n) is 3.21. The molecular formula is C20H18F2N2O2. The first-order valence-electron chi connectivity index (χ1n) is 8.28. The quantitative estimate of drug-likeness (QED) is 0.701. The van der Waals surface area contributed by atoms with Gasteiger partial charge in [0.15, 0.2) is 5.78 Å². The maximum atomic E-state index is 15.0. The number of carbonyl (C=O) groups is 1. The summed E-state index contributed by atoms with van der Waals surface area (Å²) < 4.78 is 29.6. The maximum Gasteiger partial charge on any atom is 0.255 e. The predicted octanol–water partition coefficient (Wildman–Crippen LogP) is 3.62. The molecule has 0 saturated heterocycles. The Morgan fingerprint density at radius 3 is 2.62 bits per heavy atom. The highest BCUT2D eigenvalue weighted by molar-refractivity contribution is 6.16. The van der Waals surface area contributed by atoms with Crippen molar-refractivity contribution < 1.29 is 13.6 Å². The van der Waals surface area contributed by atoms with Gasteiger partial charge in [-0.3, -0.25) is 9.59 Å². The number of halogens is 2. The molecule has 0 amide bonds. The third-order valence-corrected chi connectivity index (χ3v) is 4.48. The number of carbonyl (C=O) groups excluding carboxylic acids is 1. The summed E-state index contributed by atoms with van der Waals surface area (Å²) in [7, 11) is 0. The topological polar surface area (TPSA) is 76.0 Å². The number of benzene rings is 2. The molecule has 3 aromatic rings. The molecule has 1 aromatic heterocycles. The van der Waals surface area contributed by atoms with Gasteiger partial charge in [-0.15, -0.1) is 0 Å². The van der Waals surface area contributed by atoms with Gasteiger partial charge >= 0.3 is 0 Å². The SMILES string of the molecule is CCc1c(C(C)N)cc(F)c(C(=O)c2cccc3c(=O)[nH]ccc23)c1F. The Hall–Kier alpha value is -2.86. The molecule has 6 heteroatoms. The Bertz CT molecular complexity index is 1070. The largest absolute Gasteiger partial charge is 0.329 e. The third kappa shape index (κ3) is 2.82. The van der Waals surface area contributed by atoms with Crippen LogP contribution in [0.25, 0.3) is 10.8 Å².